The van der Waals surface area contributed by atoms with Crippen molar-refractivity contribution in [3.8, 4) is 0 Å². The molecule has 0 saturated heterocycles. The average Bonchev–Trinajstić information content (AvgIpc) is 1.98. The molecule has 0 amide bonds. The number of carboxylic acid groups (broad SMARTS) is 1. The molecule has 0 spiro atoms. The number of carbonyl (C=O) groups is 1. The van der Waals surface area contributed by atoms with Crippen LogP contribution in [0.3, 0.4) is 0 Å². The molecule has 1 N–H and O–H groups in total. The zero-order valence-electron chi connectivity index (χ0n) is 6.87. The molecule has 66 valence electrons. The molecule has 0 atom stereocenters. The maximum absolute atomic E-state index is 10.1. The van der Waals surface area contributed by atoms with E-state index in [-0.39, 0.29) is 12.7 Å². The molecule has 0 radical (unpaired) electrons. The number of hydrogen-bond acceptors (Lipinski definition) is 3. The summed E-state index contributed by atoms with van der Waals surface area (Å²) in [6, 6.07) is 0. The van der Waals surface area contributed by atoms with Crippen molar-refractivity contribution < 1.29 is 19.4 Å². The van der Waals surface area contributed by atoms with Gasteiger partial charge in [-0.3, -0.25) is 4.79 Å². The summed E-state index contributed by atoms with van der Waals surface area (Å²) in [4.78, 5) is 10.1. The summed E-state index contributed by atoms with van der Waals surface area (Å²) >= 11 is 0. The Kier molecular flexibility index (Phi) is 5.78. The van der Waals surface area contributed by atoms with Crippen molar-refractivity contribution in [3.05, 3.63) is 0 Å². The van der Waals surface area contributed by atoms with E-state index >= 15 is 0 Å². The molecule has 0 rings (SSSR count). The number of rotatable bonds is 6. The summed E-state index contributed by atoms with van der Waals surface area (Å²) < 4.78 is 9.73. The van der Waals surface area contributed by atoms with Crippen molar-refractivity contribution in [2.75, 3.05) is 14.2 Å². The SMILES string of the molecule is COC(CCCC(=O)O)OC. The Hall–Kier alpha value is -0.610. The molecular weight excluding hydrogens is 148 g/mol. The molecule has 0 aromatic rings. The van der Waals surface area contributed by atoms with E-state index in [4.69, 9.17) is 14.6 Å². The summed E-state index contributed by atoms with van der Waals surface area (Å²) in [5.74, 6) is -0.782. The second-order valence-corrected chi connectivity index (χ2v) is 2.19. The van der Waals surface area contributed by atoms with Crippen LogP contribution in [0.4, 0.5) is 0 Å². The van der Waals surface area contributed by atoms with Crippen LogP contribution >= 0.6 is 0 Å². The Morgan fingerprint density at radius 2 is 2.00 bits per heavy atom. The van der Waals surface area contributed by atoms with Gasteiger partial charge in [-0.25, -0.2) is 0 Å². The third-order valence-electron chi connectivity index (χ3n) is 1.36. The molecular formula is C7H14O4. The topological polar surface area (TPSA) is 55.8 Å². The van der Waals surface area contributed by atoms with Crippen LogP contribution in [0, 0.1) is 0 Å². The van der Waals surface area contributed by atoms with Gasteiger partial charge in [0.15, 0.2) is 6.29 Å². The van der Waals surface area contributed by atoms with Crippen molar-refractivity contribution in [2.45, 2.75) is 25.6 Å². The maximum Gasteiger partial charge on any atom is 0.303 e. The predicted molar refractivity (Wildman–Crippen MR) is 39.3 cm³/mol. The number of ether oxygens (including phenoxy) is 2. The van der Waals surface area contributed by atoms with Gasteiger partial charge in [-0.1, -0.05) is 0 Å². The van der Waals surface area contributed by atoms with Crippen LogP contribution in [-0.2, 0) is 14.3 Å². The minimum atomic E-state index is -0.782. The van der Waals surface area contributed by atoms with Crippen LogP contribution < -0.4 is 0 Å². The molecule has 0 aromatic carbocycles. The molecule has 0 unspecified atom stereocenters. The summed E-state index contributed by atoms with van der Waals surface area (Å²) in [6.07, 6.45) is 1.11. The van der Waals surface area contributed by atoms with Crippen molar-refractivity contribution in [1.82, 2.24) is 0 Å². The summed E-state index contributed by atoms with van der Waals surface area (Å²) in [6.45, 7) is 0. The Morgan fingerprint density at radius 1 is 1.45 bits per heavy atom. The third kappa shape index (κ3) is 5.82. The number of methoxy groups -OCH3 is 2. The van der Waals surface area contributed by atoms with Crippen LogP contribution in [-0.4, -0.2) is 31.6 Å². The number of carboxylic acids is 1. The average molecular weight is 162 g/mol. The van der Waals surface area contributed by atoms with E-state index in [1.54, 1.807) is 0 Å². The quantitative estimate of drug-likeness (QED) is 0.588. The van der Waals surface area contributed by atoms with Gasteiger partial charge in [0.25, 0.3) is 0 Å². The minimum absolute atomic E-state index is 0.170. The molecule has 0 heterocycles. The zero-order valence-corrected chi connectivity index (χ0v) is 6.87. The van der Waals surface area contributed by atoms with Gasteiger partial charge < -0.3 is 14.6 Å². The van der Waals surface area contributed by atoms with Crippen molar-refractivity contribution >= 4 is 5.97 Å². The predicted octanol–water partition coefficient (Wildman–Crippen LogP) is 0.860. The summed E-state index contributed by atoms with van der Waals surface area (Å²) in [5, 5.41) is 8.29. The van der Waals surface area contributed by atoms with Crippen molar-refractivity contribution in [1.29, 1.82) is 0 Å². The van der Waals surface area contributed by atoms with Gasteiger partial charge in [0, 0.05) is 20.6 Å². The first-order valence-electron chi connectivity index (χ1n) is 3.48. The molecule has 0 saturated carbocycles. The van der Waals surface area contributed by atoms with Crippen molar-refractivity contribution in [3.63, 3.8) is 0 Å². The van der Waals surface area contributed by atoms with E-state index in [9.17, 15) is 4.79 Å². The van der Waals surface area contributed by atoms with Gasteiger partial charge in [-0.2, -0.15) is 0 Å². The minimum Gasteiger partial charge on any atom is -0.481 e. The van der Waals surface area contributed by atoms with Gasteiger partial charge in [0.2, 0.25) is 0 Å². The van der Waals surface area contributed by atoms with E-state index in [1.165, 1.54) is 14.2 Å². The summed E-state index contributed by atoms with van der Waals surface area (Å²) in [7, 11) is 3.07. The fourth-order valence-corrected chi connectivity index (χ4v) is 0.752. The lowest BCUT2D eigenvalue weighted by Gasteiger charge is -2.11. The highest BCUT2D eigenvalue weighted by Gasteiger charge is 2.05. The second kappa shape index (κ2) is 6.12. The van der Waals surface area contributed by atoms with Crippen LogP contribution in [0.15, 0.2) is 0 Å². The molecule has 0 aromatic heterocycles. The highest BCUT2D eigenvalue weighted by molar-refractivity contribution is 5.66. The smallest absolute Gasteiger partial charge is 0.303 e. The lowest BCUT2D eigenvalue weighted by atomic mass is 10.2. The molecule has 0 fully saturated rings. The van der Waals surface area contributed by atoms with E-state index in [1.807, 2.05) is 0 Å². The second-order valence-electron chi connectivity index (χ2n) is 2.19. The van der Waals surface area contributed by atoms with E-state index < -0.39 is 5.97 Å². The Morgan fingerprint density at radius 3 is 2.36 bits per heavy atom. The standard InChI is InChI=1S/C7H14O4/c1-10-7(11-2)5-3-4-6(8)9/h7H,3-5H2,1-2H3,(H,8,9). The molecule has 11 heavy (non-hydrogen) atoms. The Labute approximate surface area is 66.1 Å². The van der Waals surface area contributed by atoms with Crippen LogP contribution in [0.1, 0.15) is 19.3 Å². The number of hydrogen-bond donors (Lipinski definition) is 1. The normalized spacial score (nSPS) is 10.5. The van der Waals surface area contributed by atoms with Gasteiger partial charge >= 0.3 is 5.97 Å². The van der Waals surface area contributed by atoms with Gasteiger partial charge in [-0.15, -0.1) is 0 Å². The molecule has 0 aliphatic heterocycles. The fraction of sp³-hybridized carbons (Fsp3) is 0.857. The monoisotopic (exact) mass is 162 g/mol. The number of aliphatic carboxylic acids is 1. The van der Waals surface area contributed by atoms with Crippen LogP contribution in [0.2, 0.25) is 0 Å². The fourth-order valence-electron chi connectivity index (χ4n) is 0.752. The lowest BCUT2D eigenvalue weighted by molar-refractivity contribution is -0.138. The van der Waals surface area contributed by atoms with Crippen LogP contribution in [0.25, 0.3) is 0 Å². The lowest BCUT2D eigenvalue weighted by Crippen LogP contribution is -2.13. The van der Waals surface area contributed by atoms with Gasteiger partial charge in [0.1, 0.15) is 0 Å². The molecule has 0 bridgehead atoms. The van der Waals surface area contributed by atoms with E-state index in [0.29, 0.717) is 12.8 Å². The third-order valence-corrected chi connectivity index (χ3v) is 1.36. The first-order valence-corrected chi connectivity index (χ1v) is 3.48. The zero-order chi connectivity index (χ0) is 8.69. The van der Waals surface area contributed by atoms with Crippen molar-refractivity contribution in [2.24, 2.45) is 0 Å². The Balaban J connectivity index is 3.28. The summed E-state index contributed by atoms with van der Waals surface area (Å²) in [5.41, 5.74) is 0. The highest BCUT2D eigenvalue weighted by Crippen LogP contribution is 2.03. The molecule has 0 aliphatic rings. The molecule has 4 nitrogen and oxygen atoms in total. The maximum atomic E-state index is 10.1. The van der Waals surface area contributed by atoms with Gasteiger partial charge in [0.05, 0.1) is 0 Å². The highest BCUT2D eigenvalue weighted by atomic mass is 16.7. The molecule has 4 heteroatoms. The van der Waals surface area contributed by atoms with E-state index in [0.717, 1.165) is 0 Å². The first-order chi connectivity index (χ1) is 5.20. The van der Waals surface area contributed by atoms with Gasteiger partial charge in [-0.05, 0) is 12.8 Å². The molecule has 0 aliphatic carbocycles. The first kappa shape index (κ1) is 10.4. The van der Waals surface area contributed by atoms with E-state index in [2.05, 4.69) is 0 Å². The largest absolute Gasteiger partial charge is 0.481 e. The van der Waals surface area contributed by atoms with Crippen LogP contribution in [0.5, 0.6) is 0 Å². The Bertz CT molecular complexity index is 109.